The second-order valence-electron chi connectivity index (χ2n) is 22.0. The van der Waals surface area contributed by atoms with Gasteiger partial charge in [-0.2, -0.15) is 0 Å². The molecular formula is C44H68O16. The molecule has 0 aromatic heterocycles. The minimum Gasteiger partial charge on any atom is -0.461 e. The van der Waals surface area contributed by atoms with E-state index in [4.69, 9.17) is 42.6 Å². The van der Waals surface area contributed by atoms with Crippen LogP contribution in [0.1, 0.15) is 131 Å². The lowest BCUT2D eigenvalue weighted by atomic mass is 9.84. The molecule has 0 unspecified atom stereocenters. The molecule has 16 nitrogen and oxygen atoms in total. The molecule has 2 fully saturated rings. The summed E-state index contributed by atoms with van der Waals surface area (Å²) < 4.78 is 54.2. The molecule has 0 bridgehead atoms. The Balaban J connectivity index is 2.26. The fourth-order valence-electron chi connectivity index (χ4n) is 5.72. The summed E-state index contributed by atoms with van der Waals surface area (Å²) in [5.74, 6) is -6.77. The molecule has 2 saturated heterocycles. The van der Waals surface area contributed by atoms with E-state index < -0.39 is 129 Å². The average Bonchev–Trinajstić information content (AvgIpc) is 3.40. The molecule has 2 heterocycles. The molecule has 3 aliphatic rings. The van der Waals surface area contributed by atoms with E-state index in [0.29, 0.717) is 5.57 Å². The first-order valence-corrected chi connectivity index (χ1v) is 20.4. The first-order chi connectivity index (χ1) is 26.9. The molecule has 340 valence electrons. The normalized spacial score (nSPS) is 27.7. The van der Waals surface area contributed by atoms with Crippen molar-refractivity contribution in [2.24, 2.45) is 44.3 Å². The number of cyclic esters (lactones) is 1. The van der Waals surface area contributed by atoms with Crippen molar-refractivity contribution in [2.75, 3.05) is 6.61 Å². The number of fused-ring (bicyclic) bond motifs is 1. The molecular weight excluding hydrogens is 784 g/mol. The van der Waals surface area contributed by atoms with Crippen LogP contribution in [0.2, 0.25) is 0 Å². The van der Waals surface area contributed by atoms with E-state index in [1.807, 2.05) is 0 Å². The molecule has 0 aromatic carbocycles. The molecule has 1 aliphatic carbocycles. The summed E-state index contributed by atoms with van der Waals surface area (Å²) in [5.41, 5.74) is -5.94. The number of ether oxygens (including phenoxy) is 9. The van der Waals surface area contributed by atoms with Gasteiger partial charge in [0.05, 0.1) is 44.8 Å². The van der Waals surface area contributed by atoms with Crippen molar-refractivity contribution in [3.63, 3.8) is 0 Å². The van der Waals surface area contributed by atoms with Gasteiger partial charge in [-0.3, -0.25) is 33.6 Å². The Morgan fingerprint density at radius 1 is 0.517 bits per heavy atom. The number of carbonyl (C=O) groups is 7. The third-order valence-electron chi connectivity index (χ3n) is 9.59. The van der Waals surface area contributed by atoms with Gasteiger partial charge in [0.1, 0.15) is 12.7 Å². The highest BCUT2D eigenvalue weighted by atomic mass is 16.8. The zero-order valence-corrected chi connectivity index (χ0v) is 38.7. The smallest absolute Gasteiger partial charge is 0.313 e. The quantitative estimate of drug-likeness (QED) is 0.145. The predicted octanol–water partition coefficient (Wildman–Crippen LogP) is 6.14. The van der Waals surface area contributed by atoms with Gasteiger partial charge in [-0.1, -0.05) is 0 Å². The highest BCUT2D eigenvalue weighted by molar-refractivity contribution is 5.79. The zero-order valence-electron chi connectivity index (χ0n) is 38.7. The summed E-state index contributed by atoms with van der Waals surface area (Å²) in [6.07, 6.45) is -10.1. The summed E-state index contributed by atoms with van der Waals surface area (Å²) in [5, 5.41) is 0. The van der Waals surface area contributed by atoms with Crippen LogP contribution < -0.4 is 0 Å². The number of hydrogen-bond donors (Lipinski definition) is 0. The van der Waals surface area contributed by atoms with Crippen molar-refractivity contribution >= 4 is 41.8 Å². The summed E-state index contributed by atoms with van der Waals surface area (Å²) >= 11 is 0. The van der Waals surface area contributed by atoms with Crippen molar-refractivity contribution in [1.29, 1.82) is 0 Å². The van der Waals surface area contributed by atoms with Crippen molar-refractivity contribution in [3.8, 4) is 0 Å². The van der Waals surface area contributed by atoms with E-state index in [2.05, 4.69) is 0 Å². The van der Waals surface area contributed by atoms with Gasteiger partial charge < -0.3 is 42.6 Å². The van der Waals surface area contributed by atoms with Crippen LogP contribution in [0.25, 0.3) is 0 Å². The first-order valence-electron chi connectivity index (χ1n) is 20.4. The second-order valence-corrected chi connectivity index (χ2v) is 22.0. The molecule has 60 heavy (non-hydrogen) atoms. The summed E-state index contributed by atoms with van der Waals surface area (Å²) in [7, 11) is 0. The maximum absolute atomic E-state index is 13.8. The van der Waals surface area contributed by atoms with Crippen LogP contribution in [0.15, 0.2) is 11.6 Å². The van der Waals surface area contributed by atoms with E-state index in [-0.39, 0.29) is 13.0 Å². The van der Waals surface area contributed by atoms with Crippen LogP contribution in [0, 0.1) is 44.3 Å². The minimum atomic E-state index is -1.84. The molecule has 0 spiro atoms. The standard InChI is InChI=1S/C44H68O16/c1-39(2,3)33(46)52-21-22-19-24(53-34(47)40(4,5)6)23-20-25(45)54-30(26(22)23)58-31-28(56-36(49)42(10,11)12)27(55-35(48)41(7,8)9)29(57-37(50)43(13,14)15)32(59-31)60-38(51)44(16,17)18/h19,23-24,26-32H,20-21H2,1-18H3/t23-,24+,26+,27+,28+,29-,30-,31+,32+/m0/s1. The fraction of sp³-hybridized carbons (Fsp3) is 0.795. The Hall–Kier alpha value is -4.05. The number of carbonyl (C=O) groups excluding carboxylic acids is 7. The number of esters is 7. The van der Waals surface area contributed by atoms with Crippen LogP contribution in [-0.2, 0) is 76.2 Å². The molecule has 9 atom stereocenters. The molecule has 3 rings (SSSR count). The minimum absolute atomic E-state index is 0.226. The number of rotatable bonds is 9. The van der Waals surface area contributed by atoms with Crippen molar-refractivity contribution in [3.05, 3.63) is 11.6 Å². The maximum atomic E-state index is 13.8. The lowest BCUT2D eigenvalue weighted by Crippen LogP contribution is -2.65. The molecule has 0 N–H and O–H groups in total. The third-order valence-corrected chi connectivity index (χ3v) is 9.59. The molecule has 0 amide bonds. The van der Waals surface area contributed by atoms with Gasteiger partial charge in [0.15, 0.2) is 12.2 Å². The first kappa shape index (κ1) is 50.3. The molecule has 0 saturated carbocycles. The Bertz CT molecular complexity index is 1680. The van der Waals surface area contributed by atoms with Gasteiger partial charge in [-0.25, -0.2) is 0 Å². The summed E-state index contributed by atoms with van der Waals surface area (Å²) in [6, 6.07) is 0. The second kappa shape index (κ2) is 17.7. The van der Waals surface area contributed by atoms with Crippen LogP contribution in [-0.4, -0.2) is 91.7 Å². The lowest BCUT2D eigenvalue weighted by molar-refractivity contribution is -0.374. The van der Waals surface area contributed by atoms with Crippen molar-refractivity contribution in [2.45, 2.75) is 174 Å². The predicted molar refractivity (Wildman–Crippen MR) is 213 cm³/mol. The third kappa shape index (κ3) is 12.7. The molecule has 0 aromatic rings. The largest absolute Gasteiger partial charge is 0.461 e. The van der Waals surface area contributed by atoms with Gasteiger partial charge in [-0.15, -0.1) is 0 Å². The van der Waals surface area contributed by atoms with Crippen molar-refractivity contribution in [1.82, 2.24) is 0 Å². The SMILES string of the molecule is CC(C)(C)C(=O)OCC1=C[C@@H](OC(=O)C(C)(C)C)[C@@H]2CC(=O)O[C@@H](O[C@@H]3O[C@H](OC(=O)C(C)(C)C)[C@@H](OC(=O)C(C)(C)C)[C@H](OC(=O)C(C)(C)C)[C@H]3OC(=O)C(C)(C)C)[C@H]12. The van der Waals surface area contributed by atoms with E-state index in [0.717, 1.165) is 0 Å². The van der Waals surface area contributed by atoms with Gasteiger partial charge in [0.25, 0.3) is 0 Å². The van der Waals surface area contributed by atoms with Crippen molar-refractivity contribution < 1.29 is 76.2 Å². The lowest BCUT2D eigenvalue weighted by Gasteiger charge is -2.47. The van der Waals surface area contributed by atoms with Crippen LogP contribution in [0.5, 0.6) is 0 Å². The van der Waals surface area contributed by atoms with Crippen LogP contribution in [0.4, 0.5) is 0 Å². The monoisotopic (exact) mass is 852 g/mol. The van der Waals surface area contributed by atoms with Gasteiger partial charge >= 0.3 is 41.8 Å². The molecule has 2 aliphatic heterocycles. The molecule has 16 heteroatoms. The Labute approximate surface area is 354 Å². The maximum Gasteiger partial charge on any atom is 0.313 e. The van der Waals surface area contributed by atoms with Gasteiger partial charge in [0, 0.05) is 5.92 Å². The van der Waals surface area contributed by atoms with Crippen LogP contribution >= 0.6 is 0 Å². The average molecular weight is 853 g/mol. The van der Waals surface area contributed by atoms with Gasteiger partial charge in [-0.05, 0) is 136 Å². The van der Waals surface area contributed by atoms with Crippen LogP contribution in [0.3, 0.4) is 0 Å². The van der Waals surface area contributed by atoms with Gasteiger partial charge in [0.2, 0.25) is 25.0 Å². The topological polar surface area (TPSA) is 203 Å². The van der Waals surface area contributed by atoms with E-state index >= 15 is 0 Å². The van der Waals surface area contributed by atoms with E-state index in [9.17, 15) is 33.6 Å². The Kier molecular flexibility index (Phi) is 14.9. The highest BCUT2D eigenvalue weighted by Gasteiger charge is 2.59. The van der Waals surface area contributed by atoms with E-state index in [1.165, 1.54) is 0 Å². The zero-order chi connectivity index (χ0) is 46.3. The molecule has 0 radical (unpaired) electrons. The summed E-state index contributed by atoms with van der Waals surface area (Å²) in [4.78, 5) is 94.2. The highest BCUT2D eigenvalue weighted by Crippen LogP contribution is 2.46. The Morgan fingerprint density at radius 3 is 1.33 bits per heavy atom. The fourth-order valence-corrected chi connectivity index (χ4v) is 5.72. The van der Waals surface area contributed by atoms with E-state index in [1.54, 1.807) is 131 Å². The Morgan fingerprint density at radius 2 is 0.900 bits per heavy atom. The summed E-state index contributed by atoms with van der Waals surface area (Å²) in [6.45, 7) is 28.8. The number of hydrogen-bond acceptors (Lipinski definition) is 16.